The summed E-state index contributed by atoms with van der Waals surface area (Å²) in [5.41, 5.74) is 3.88. The Morgan fingerprint density at radius 2 is 1.91 bits per heavy atom. The number of H-pyrrole nitrogens is 1. The second kappa shape index (κ2) is 9.99. The van der Waals surface area contributed by atoms with Crippen LogP contribution in [0, 0.1) is 0 Å². The second-order valence-corrected chi connectivity index (χ2v) is 8.83. The summed E-state index contributed by atoms with van der Waals surface area (Å²) in [6, 6.07) is 12.4. The number of aromatic nitrogens is 1. The maximum Gasteiger partial charge on any atom is 0.324 e. The van der Waals surface area contributed by atoms with Crippen molar-refractivity contribution in [2.45, 2.75) is 45.1 Å². The average Bonchev–Trinajstić information content (AvgIpc) is 3.35. The molecule has 34 heavy (non-hydrogen) atoms. The molecule has 8 nitrogen and oxygen atoms in total. The van der Waals surface area contributed by atoms with E-state index in [1.165, 1.54) is 10.5 Å². The smallest absolute Gasteiger partial charge is 0.324 e. The number of ether oxygens (including phenoxy) is 1. The maximum atomic E-state index is 12.8. The van der Waals surface area contributed by atoms with E-state index in [4.69, 9.17) is 4.74 Å². The number of fused-ring (bicyclic) bond motifs is 1. The number of carbonyl (C=O) groups excluding carboxylic acids is 3. The first-order valence-corrected chi connectivity index (χ1v) is 11.5. The van der Waals surface area contributed by atoms with Crippen LogP contribution in [0.4, 0.5) is 10.5 Å². The van der Waals surface area contributed by atoms with Crippen LogP contribution in [-0.2, 0) is 16.0 Å². The molecule has 0 bridgehead atoms. The predicted octanol–water partition coefficient (Wildman–Crippen LogP) is 4.18. The van der Waals surface area contributed by atoms with Gasteiger partial charge in [-0.05, 0) is 60.2 Å². The lowest BCUT2D eigenvalue weighted by Gasteiger charge is -2.13. The minimum absolute atomic E-state index is 0.138. The van der Waals surface area contributed by atoms with Gasteiger partial charge in [-0.15, -0.1) is 0 Å². The Morgan fingerprint density at radius 1 is 1.15 bits per heavy atom. The van der Waals surface area contributed by atoms with Crippen molar-refractivity contribution in [1.29, 1.82) is 0 Å². The van der Waals surface area contributed by atoms with Crippen molar-refractivity contribution in [1.82, 2.24) is 15.2 Å². The highest BCUT2D eigenvalue weighted by atomic mass is 16.5. The summed E-state index contributed by atoms with van der Waals surface area (Å²) in [6.45, 7) is 4.49. The number of hydrogen-bond donors (Lipinski definition) is 3. The van der Waals surface area contributed by atoms with E-state index in [0.717, 1.165) is 22.2 Å². The second-order valence-electron chi connectivity index (χ2n) is 8.83. The fourth-order valence-electron chi connectivity index (χ4n) is 4.16. The van der Waals surface area contributed by atoms with Crippen LogP contribution in [-0.4, -0.2) is 47.4 Å². The lowest BCUT2D eigenvalue weighted by atomic mass is 10.0. The molecule has 0 radical (unpaired) electrons. The normalized spacial score (nSPS) is 15.8. The molecular weight excluding hydrogens is 432 g/mol. The van der Waals surface area contributed by atoms with Crippen molar-refractivity contribution in [2.75, 3.05) is 19.0 Å². The van der Waals surface area contributed by atoms with E-state index in [-0.39, 0.29) is 31.2 Å². The van der Waals surface area contributed by atoms with E-state index in [2.05, 4.69) is 29.5 Å². The first kappa shape index (κ1) is 23.4. The molecule has 0 aliphatic carbocycles. The molecular formula is C26H30N4O4. The van der Waals surface area contributed by atoms with E-state index in [1.807, 2.05) is 48.7 Å². The highest BCUT2D eigenvalue weighted by molar-refractivity contribution is 6.04. The standard InChI is InChI=1S/C26H30N4O4/c1-16(2)17-4-6-19(7-5-17)28-24(31)11-10-23-25(32)30(26(33)29-23)13-12-18-15-27-22-9-8-20(34-3)14-21(18)22/h4-9,14-16,23,27H,10-13H2,1-3H3,(H,28,31)(H,29,33)/t23-/m0/s1. The number of rotatable bonds is 9. The Kier molecular flexibility index (Phi) is 6.86. The first-order chi connectivity index (χ1) is 16.4. The van der Waals surface area contributed by atoms with E-state index in [9.17, 15) is 14.4 Å². The molecule has 4 rings (SSSR count). The number of carbonyl (C=O) groups is 3. The summed E-state index contributed by atoms with van der Waals surface area (Å²) < 4.78 is 5.30. The van der Waals surface area contributed by atoms with Gasteiger partial charge in [0, 0.05) is 35.8 Å². The molecule has 1 fully saturated rings. The van der Waals surface area contributed by atoms with Gasteiger partial charge >= 0.3 is 6.03 Å². The molecule has 4 amide bonds. The summed E-state index contributed by atoms with van der Waals surface area (Å²) in [7, 11) is 1.61. The van der Waals surface area contributed by atoms with Gasteiger partial charge in [0.25, 0.3) is 5.91 Å². The van der Waals surface area contributed by atoms with Crippen molar-refractivity contribution < 1.29 is 19.1 Å². The molecule has 0 saturated carbocycles. The zero-order valence-electron chi connectivity index (χ0n) is 19.7. The molecule has 0 spiro atoms. The zero-order valence-corrected chi connectivity index (χ0v) is 19.7. The lowest BCUT2D eigenvalue weighted by molar-refractivity contribution is -0.127. The molecule has 8 heteroatoms. The van der Waals surface area contributed by atoms with Gasteiger partial charge in [0.2, 0.25) is 5.91 Å². The number of imide groups is 1. The van der Waals surface area contributed by atoms with Gasteiger partial charge in [0.1, 0.15) is 11.8 Å². The topological polar surface area (TPSA) is 104 Å². The van der Waals surface area contributed by atoms with Gasteiger partial charge in [-0.1, -0.05) is 26.0 Å². The van der Waals surface area contributed by atoms with E-state index < -0.39 is 12.1 Å². The molecule has 1 atom stereocenters. The predicted molar refractivity (Wildman–Crippen MR) is 131 cm³/mol. The van der Waals surface area contributed by atoms with Crippen molar-refractivity contribution >= 4 is 34.4 Å². The molecule has 2 aromatic carbocycles. The van der Waals surface area contributed by atoms with Gasteiger partial charge in [0.15, 0.2) is 0 Å². The number of methoxy groups -OCH3 is 1. The number of benzene rings is 2. The Balaban J connectivity index is 1.30. The Morgan fingerprint density at radius 3 is 2.62 bits per heavy atom. The van der Waals surface area contributed by atoms with Gasteiger partial charge < -0.3 is 20.4 Å². The maximum absolute atomic E-state index is 12.8. The highest BCUT2D eigenvalue weighted by Gasteiger charge is 2.37. The van der Waals surface area contributed by atoms with E-state index >= 15 is 0 Å². The quantitative estimate of drug-likeness (QED) is 0.415. The van der Waals surface area contributed by atoms with Gasteiger partial charge in [-0.2, -0.15) is 0 Å². The average molecular weight is 463 g/mol. The summed E-state index contributed by atoms with van der Waals surface area (Å²) in [5, 5.41) is 6.56. The van der Waals surface area contributed by atoms with Crippen LogP contribution in [0.2, 0.25) is 0 Å². The molecule has 1 aromatic heterocycles. The van der Waals surface area contributed by atoms with Crippen molar-refractivity contribution in [3.63, 3.8) is 0 Å². The molecule has 3 N–H and O–H groups in total. The van der Waals surface area contributed by atoms with E-state index in [0.29, 0.717) is 18.0 Å². The summed E-state index contributed by atoms with van der Waals surface area (Å²) in [5.74, 6) is 0.683. The fourth-order valence-corrected chi connectivity index (χ4v) is 4.16. The zero-order chi connectivity index (χ0) is 24.2. The molecule has 1 aliphatic heterocycles. The Labute approximate surface area is 198 Å². The third kappa shape index (κ3) is 5.06. The third-order valence-electron chi connectivity index (χ3n) is 6.21. The van der Waals surface area contributed by atoms with Crippen LogP contribution in [0.1, 0.15) is 43.7 Å². The van der Waals surface area contributed by atoms with Crippen LogP contribution in [0.25, 0.3) is 10.9 Å². The summed E-state index contributed by atoms with van der Waals surface area (Å²) >= 11 is 0. The number of anilines is 1. The molecule has 3 aromatic rings. The third-order valence-corrected chi connectivity index (χ3v) is 6.21. The number of nitrogens with one attached hydrogen (secondary N) is 3. The molecule has 178 valence electrons. The monoisotopic (exact) mass is 462 g/mol. The van der Waals surface area contributed by atoms with Crippen molar-refractivity contribution in [3.8, 4) is 5.75 Å². The number of nitrogens with zero attached hydrogens (tertiary/aromatic N) is 1. The largest absolute Gasteiger partial charge is 0.497 e. The first-order valence-electron chi connectivity index (χ1n) is 11.5. The molecule has 1 saturated heterocycles. The minimum atomic E-state index is -0.690. The van der Waals surface area contributed by atoms with Crippen LogP contribution in [0.15, 0.2) is 48.7 Å². The highest BCUT2D eigenvalue weighted by Crippen LogP contribution is 2.24. The van der Waals surface area contributed by atoms with Crippen LogP contribution in [0.3, 0.4) is 0 Å². The molecule has 0 unspecified atom stereocenters. The van der Waals surface area contributed by atoms with Gasteiger partial charge in [-0.3, -0.25) is 14.5 Å². The molecule has 2 heterocycles. The van der Waals surface area contributed by atoms with E-state index in [1.54, 1.807) is 7.11 Å². The Bertz CT molecular complexity index is 1200. The van der Waals surface area contributed by atoms with Crippen molar-refractivity contribution in [3.05, 3.63) is 59.8 Å². The minimum Gasteiger partial charge on any atom is -0.497 e. The lowest BCUT2D eigenvalue weighted by Crippen LogP contribution is -2.33. The number of aromatic amines is 1. The SMILES string of the molecule is COc1ccc2[nH]cc(CCN3C(=O)N[C@@H](CCC(=O)Nc4ccc(C(C)C)cc4)C3=O)c2c1. The number of hydrogen-bond acceptors (Lipinski definition) is 4. The number of amides is 4. The van der Waals surface area contributed by atoms with Gasteiger partial charge in [0.05, 0.1) is 7.11 Å². The summed E-state index contributed by atoms with van der Waals surface area (Å²) in [6.07, 6.45) is 2.80. The summed E-state index contributed by atoms with van der Waals surface area (Å²) in [4.78, 5) is 42.0. The van der Waals surface area contributed by atoms with Gasteiger partial charge in [-0.25, -0.2) is 4.79 Å². The Hall–Kier alpha value is -3.81. The van der Waals surface area contributed by atoms with Crippen molar-refractivity contribution in [2.24, 2.45) is 0 Å². The van der Waals surface area contributed by atoms with Crippen LogP contribution < -0.4 is 15.4 Å². The molecule has 1 aliphatic rings. The number of urea groups is 1. The van der Waals surface area contributed by atoms with Crippen LogP contribution >= 0.6 is 0 Å². The fraction of sp³-hybridized carbons (Fsp3) is 0.346. The van der Waals surface area contributed by atoms with Crippen LogP contribution in [0.5, 0.6) is 5.75 Å².